The lowest BCUT2D eigenvalue weighted by Gasteiger charge is -2.14. The summed E-state index contributed by atoms with van der Waals surface area (Å²) in [6.45, 7) is 0.744. The smallest absolute Gasteiger partial charge is 0.308 e. The first-order valence-corrected chi connectivity index (χ1v) is 8.04. The summed E-state index contributed by atoms with van der Waals surface area (Å²) >= 11 is 0. The van der Waals surface area contributed by atoms with Crippen LogP contribution < -0.4 is 5.73 Å². The monoisotopic (exact) mass is 288 g/mol. The SMILES string of the molecule is CN(C)S(=O)(=O)n1cncc1CCCCCCCN. The Morgan fingerprint density at radius 2 is 1.84 bits per heavy atom. The molecule has 0 aliphatic carbocycles. The zero-order valence-electron chi connectivity index (χ0n) is 11.7. The van der Waals surface area contributed by atoms with Gasteiger partial charge < -0.3 is 5.73 Å². The molecule has 0 unspecified atom stereocenters. The second kappa shape index (κ2) is 7.62. The molecule has 0 aliphatic rings. The van der Waals surface area contributed by atoms with E-state index in [1.165, 1.54) is 28.7 Å². The normalized spacial score (nSPS) is 12.2. The molecule has 1 aromatic heterocycles. The molecule has 0 saturated heterocycles. The average molecular weight is 288 g/mol. The molecular weight excluding hydrogens is 264 g/mol. The molecule has 1 heterocycles. The number of imidazole rings is 1. The minimum absolute atomic E-state index is 0.732. The topological polar surface area (TPSA) is 81.2 Å². The molecule has 0 bridgehead atoms. The second-order valence-corrected chi connectivity index (χ2v) is 6.80. The predicted molar refractivity (Wildman–Crippen MR) is 76.1 cm³/mol. The number of rotatable bonds is 9. The van der Waals surface area contributed by atoms with E-state index < -0.39 is 10.2 Å². The highest BCUT2D eigenvalue weighted by atomic mass is 32.2. The van der Waals surface area contributed by atoms with E-state index in [-0.39, 0.29) is 0 Å². The van der Waals surface area contributed by atoms with Gasteiger partial charge in [-0.1, -0.05) is 19.3 Å². The molecule has 0 radical (unpaired) electrons. The fourth-order valence-electron chi connectivity index (χ4n) is 1.85. The van der Waals surface area contributed by atoms with Crippen LogP contribution in [0.15, 0.2) is 12.5 Å². The molecule has 0 amide bonds. The Kier molecular flexibility index (Phi) is 6.47. The van der Waals surface area contributed by atoms with Crippen LogP contribution >= 0.6 is 0 Å². The van der Waals surface area contributed by atoms with E-state index in [1.54, 1.807) is 6.20 Å². The first kappa shape index (κ1) is 16.1. The van der Waals surface area contributed by atoms with Gasteiger partial charge in [-0.25, -0.2) is 8.96 Å². The summed E-state index contributed by atoms with van der Waals surface area (Å²) in [5.74, 6) is 0. The van der Waals surface area contributed by atoms with Crippen LogP contribution in [0.1, 0.15) is 37.8 Å². The van der Waals surface area contributed by atoms with E-state index in [1.807, 2.05) is 0 Å². The number of nitrogens with two attached hydrogens (primary N) is 1. The Hall–Kier alpha value is -0.920. The van der Waals surface area contributed by atoms with E-state index in [0.29, 0.717) is 0 Å². The number of nitrogens with zero attached hydrogens (tertiary/aromatic N) is 3. The van der Waals surface area contributed by atoms with Crippen LogP contribution in [-0.4, -0.2) is 42.3 Å². The third-order valence-corrected chi connectivity index (χ3v) is 4.77. The first-order chi connectivity index (χ1) is 9.00. The lowest BCUT2D eigenvalue weighted by atomic mass is 10.1. The summed E-state index contributed by atoms with van der Waals surface area (Å²) in [7, 11) is -0.405. The summed E-state index contributed by atoms with van der Waals surface area (Å²) in [4.78, 5) is 3.94. The van der Waals surface area contributed by atoms with Crippen LogP contribution in [0.2, 0.25) is 0 Å². The van der Waals surface area contributed by atoms with Crippen LogP contribution in [-0.2, 0) is 16.6 Å². The highest BCUT2D eigenvalue weighted by molar-refractivity contribution is 7.87. The summed E-state index contributed by atoms with van der Waals surface area (Å²) in [6, 6.07) is 0. The van der Waals surface area contributed by atoms with Gasteiger partial charge in [0.05, 0.1) is 5.69 Å². The number of hydrogen-bond acceptors (Lipinski definition) is 4. The minimum Gasteiger partial charge on any atom is -0.330 e. The molecule has 19 heavy (non-hydrogen) atoms. The molecule has 0 fully saturated rings. The third-order valence-electron chi connectivity index (χ3n) is 3.03. The van der Waals surface area contributed by atoms with Crippen LogP contribution in [0.4, 0.5) is 0 Å². The zero-order chi connectivity index (χ0) is 14.3. The summed E-state index contributed by atoms with van der Waals surface area (Å²) in [6.07, 6.45) is 9.13. The van der Waals surface area contributed by atoms with Gasteiger partial charge in [0, 0.05) is 20.3 Å². The molecule has 1 aromatic rings. The van der Waals surface area contributed by atoms with Crippen molar-refractivity contribution in [1.82, 2.24) is 13.3 Å². The van der Waals surface area contributed by atoms with Gasteiger partial charge in [0.15, 0.2) is 0 Å². The molecule has 0 aromatic carbocycles. The Bertz CT molecular complexity index is 468. The van der Waals surface area contributed by atoms with Crippen LogP contribution in [0, 0.1) is 0 Å². The molecule has 0 atom stereocenters. The molecule has 110 valence electrons. The Morgan fingerprint density at radius 1 is 1.21 bits per heavy atom. The highest BCUT2D eigenvalue weighted by Crippen LogP contribution is 2.12. The summed E-state index contributed by atoms with van der Waals surface area (Å²) in [5, 5.41) is 0. The van der Waals surface area contributed by atoms with Crippen LogP contribution in [0.3, 0.4) is 0 Å². The van der Waals surface area contributed by atoms with Crippen molar-refractivity contribution in [1.29, 1.82) is 0 Å². The molecular formula is C12H24N4O2S. The molecule has 1 rings (SSSR count). The van der Waals surface area contributed by atoms with E-state index in [2.05, 4.69) is 4.98 Å². The van der Waals surface area contributed by atoms with Crippen molar-refractivity contribution < 1.29 is 8.42 Å². The van der Waals surface area contributed by atoms with Gasteiger partial charge in [0.2, 0.25) is 0 Å². The minimum atomic E-state index is -3.44. The van der Waals surface area contributed by atoms with Crippen LogP contribution in [0.5, 0.6) is 0 Å². The van der Waals surface area contributed by atoms with Crippen molar-refractivity contribution in [2.45, 2.75) is 38.5 Å². The third kappa shape index (κ3) is 4.59. The van der Waals surface area contributed by atoms with E-state index >= 15 is 0 Å². The van der Waals surface area contributed by atoms with Crippen molar-refractivity contribution in [2.75, 3.05) is 20.6 Å². The number of unbranched alkanes of at least 4 members (excludes halogenated alkanes) is 4. The van der Waals surface area contributed by atoms with Gasteiger partial charge in [-0.15, -0.1) is 0 Å². The van der Waals surface area contributed by atoms with E-state index in [0.717, 1.165) is 50.8 Å². The van der Waals surface area contributed by atoms with Crippen molar-refractivity contribution >= 4 is 10.2 Å². The lowest BCUT2D eigenvalue weighted by molar-refractivity contribution is 0.507. The zero-order valence-corrected chi connectivity index (χ0v) is 12.6. The van der Waals surface area contributed by atoms with Crippen molar-refractivity contribution in [3.8, 4) is 0 Å². The Morgan fingerprint density at radius 3 is 2.47 bits per heavy atom. The number of aryl methyl sites for hydroxylation is 1. The van der Waals surface area contributed by atoms with Crippen molar-refractivity contribution in [3.63, 3.8) is 0 Å². The predicted octanol–water partition coefficient (Wildman–Crippen LogP) is 0.989. The molecule has 0 aliphatic heterocycles. The standard InChI is InChI=1S/C12H24N4O2S/c1-15(2)19(17,18)16-11-14-10-12(16)8-6-4-3-5-7-9-13/h10-11H,3-9,13H2,1-2H3. The molecule has 6 nitrogen and oxygen atoms in total. The van der Waals surface area contributed by atoms with E-state index in [4.69, 9.17) is 5.73 Å². The summed E-state index contributed by atoms with van der Waals surface area (Å²) < 4.78 is 26.5. The molecule has 0 saturated carbocycles. The highest BCUT2D eigenvalue weighted by Gasteiger charge is 2.18. The van der Waals surface area contributed by atoms with Gasteiger partial charge in [-0.05, 0) is 25.8 Å². The largest absolute Gasteiger partial charge is 0.330 e. The fourth-order valence-corrected chi connectivity index (χ4v) is 2.81. The van der Waals surface area contributed by atoms with Gasteiger partial charge in [-0.3, -0.25) is 0 Å². The van der Waals surface area contributed by atoms with Gasteiger partial charge in [-0.2, -0.15) is 12.7 Å². The average Bonchev–Trinajstić information content (AvgIpc) is 2.82. The quantitative estimate of drug-likeness (QED) is 0.687. The maximum atomic E-state index is 12.0. The van der Waals surface area contributed by atoms with E-state index in [9.17, 15) is 8.42 Å². The molecule has 7 heteroatoms. The fraction of sp³-hybridized carbons (Fsp3) is 0.750. The maximum Gasteiger partial charge on any atom is 0.308 e. The second-order valence-electron chi connectivity index (χ2n) is 4.78. The van der Waals surface area contributed by atoms with Crippen molar-refractivity contribution in [2.24, 2.45) is 5.73 Å². The van der Waals surface area contributed by atoms with Gasteiger partial charge in [0.1, 0.15) is 6.33 Å². The maximum absolute atomic E-state index is 12.0. The van der Waals surface area contributed by atoms with Gasteiger partial charge >= 0.3 is 10.2 Å². The van der Waals surface area contributed by atoms with Crippen LogP contribution in [0.25, 0.3) is 0 Å². The number of hydrogen-bond donors (Lipinski definition) is 1. The first-order valence-electron chi connectivity index (χ1n) is 6.64. The lowest BCUT2D eigenvalue weighted by Crippen LogP contribution is -2.29. The van der Waals surface area contributed by atoms with Gasteiger partial charge in [0.25, 0.3) is 0 Å². The Balaban J connectivity index is 2.50. The Labute approximate surface area is 115 Å². The van der Waals surface area contributed by atoms with Crippen molar-refractivity contribution in [3.05, 3.63) is 18.2 Å². The molecule has 0 spiro atoms. The number of aromatic nitrogens is 2. The summed E-state index contributed by atoms with van der Waals surface area (Å²) in [5.41, 5.74) is 6.18. The molecule has 2 N–H and O–H groups in total.